The maximum atomic E-state index is 5.35. The van der Waals surface area contributed by atoms with E-state index in [4.69, 9.17) is 9.47 Å². The van der Waals surface area contributed by atoms with Gasteiger partial charge in [-0.3, -0.25) is 9.67 Å². The van der Waals surface area contributed by atoms with E-state index < -0.39 is 0 Å². The third-order valence-electron chi connectivity index (χ3n) is 3.64. The highest BCUT2D eigenvalue weighted by atomic mass is 79.9. The Morgan fingerprint density at radius 3 is 2.64 bits per heavy atom. The van der Waals surface area contributed by atoms with Crippen LogP contribution in [0.1, 0.15) is 12.0 Å². The maximum Gasteiger partial charge on any atom is 0.191 e. The lowest BCUT2D eigenvalue weighted by molar-refractivity contribution is 0.354. The van der Waals surface area contributed by atoms with E-state index >= 15 is 0 Å². The molecule has 0 saturated carbocycles. The van der Waals surface area contributed by atoms with Crippen LogP contribution in [0.15, 0.2) is 40.1 Å². The number of rotatable bonds is 8. The van der Waals surface area contributed by atoms with Crippen molar-refractivity contribution in [2.24, 2.45) is 4.99 Å². The third-order valence-corrected chi connectivity index (χ3v) is 4.38. The van der Waals surface area contributed by atoms with Crippen molar-refractivity contribution in [1.82, 2.24) is 20.4 Å². The Bertz CT molecular complexity index is 689. The van der Waals surface area contributed by atoms with Crippen molar-refractivity contribution in [2.45, 2.75) is 19.5 Å². The molecule has 0 aliphatic rings. The van der Waals surface area contributed by atoms with Gasteiger partial charge in [0, 0.05) is 43.5 Å². The van der Waals surface area contributed by atoms with Gasteiger partial charge >= 0.3 is 0 Å². The van der Waals surface area contributed by atoms with Crippen LogP contribution in [0.2, 0.25) is 0 Å². The molecule has 1 aromatic carbocycles. The third kappa shape index (κ3) is 5.67. The monoisotopic (exact) mass is 409 g/mol. The molecule has 136 valence electrons. The van der Waals surface area contributed by atoms with Crippen molar-refractivity contribution < 1.29 is 9.47 Å². The van der Waals surface area contributed by atoms with E-state index in [0.717, 1.165) is 35.5 Å². The highest BCUT2D eigenvalue weighted by Gasteiger charge is 2.10. The van der Waals surface area contributed by atoms with Crippen molar-refractivity contribution in [2.75, 3.05) is 27.8 Å². The molecule has 0 unspecified atom stereocenters. The summed E-state index contributed by atoms with van der Waals surface area (Å²) in [6.07, 6.45) is 4.71. The summed E-state index contributed by atoms with van der Waals surface area (Å²) in [5, 5.41) is 10.8. The zero-order chi connectivity index (χ0) is 18.1. The molecule has 0 fully saturated rings. The first-order valence-electron chi connectivity index (χ1n) is 8.00. The van der Waals surface area contributed by atoms with Crippen molar-refractivity contribution in [1.29, 1.82) is 0 Å². The molecule has 8 heteroatoms. The molecule has 1 aromatic heterocycles. The first-order valence-corrected chi connectivity index (χ1v) is 8.79. The summed E-state index contributed by atoms with van der Waals surface area (Å²) in [5.41, 5.74) is 1.05. The molecule has 0 amide bonds. The van der Waals surface area contributed by atoms with Gasteiger partial charge in [-0.1, -0.05) is 15.9 Å². The minimum atomic E-state index is 0.611. The van der Waals surface area contributed by atoms with Crippen LogP contribution in [0.5, 0.6) is 11.5 Å². The fourth-order valence-electron chi connectivity index (χ4n) is 2.31. The number of ether oxygens (including phenoxy) is 2. The number of aryl methyl sites for hydroxylation is 1. The molecule has 25 heavy (non-hydrogen) atoms. The van der Waals surface area contributed by atoms with Crippen LogP contribution in [0.25, 0.3) is 0 Å². The Kier molecular flexibility index (Phi) is 7.59. The molecular formula is C17H24BrN5O2. The highest BCUT2D eigenvalue weighted by Crippen LogP contribution is 2.33. The summed E-state index contributed by atoms with van der Waals surface area (Å²) < 4.78 is 13.5. The Hall–Kier alpha value is -2.22. The molecular weight excluding hydrogens is 386 g/mol. The summed E-state index contributed by atoms with van der Waals surface area (Å²) in [6, 6.07) is 5.77. The highest BCUT2D eigenvalue weighted by molar-refractivity contribution is 9.10. The zero-order valence-corrected chi connectivity index (χ0v) is 16.3. The van der Waals surface area contributed by atoms with Crippen molar-refractivity contribution >= 4 is 21.9 Å². The average molecular weight is 410 g/mol. The number of nitrogens with one attached hydrogen (secondary N) is 2. The molecule has 2 aromatic rings. The lowest BCUT2D eigenvalue weighted by Gasteiger charge is -2.15. The van der Waals surface area contributed by atoms with E-state index in [9.17, 15) is 0 Å². The lowest BCUT2D eigenvalue weighted by atomic mass is 10.2. The first kappa shape index (κ1) is 19.1. The quantitative estimate of drug-likeness (QED) is 0.397. The van der Waals surface area contributed by atoms with Gasteiger partial charge in [0.25, 0.3) is 0 Å². The zero-order valence-electron chi connectivity index (χ0n) is 14.8. The molecule has 0 atom stereocenters. The van der Waals surface area contributed by atoms with Gasteiger partial charge < -0.3 is 20.1 Å². The second-order valence-corrected chi connectivity index (χ2v) is 6.13. The second kappa shape index (κ2) is 9.93. The van der Waals surface area contributed by atoms with E-state index in [1.807, 2.05) is 29.1 Å². The average Bonchev–Trinajstić information content (AvgIpc) is 3.15. The summed E-state index contributed by atoms with van der Waals surface area (Å²) >= 11 is 3.56. The summed E-state index contributed by atoms with van der Waals surface area (Å²) in [6.45, 7) is 2.30. The maximum absolute atomic E-state index is 5.35. The number of halogens is 1. The van der Waals surface area contributed by atoms with E-state index in [0.29, 0.717) is 18.0 Å². The predicted molar refractivity (Wildman–Crippen MR) is 102 cm³/mol. The van der Waals surface area contributed by atoms with Crippen LogP contribution in [-0.4, -0.2) is 43.6 Å². The van der Waals surface area contributed by atoms with Crippen LogP contribution in [0, 0.1) is 0 Å². The van der Waals surface area contributed by atoms with Gasteiger partial charge in [-0.15, -0.1) is 0 Å². The molecule has 2 rings (SSSR count). The van der Waals surface area contributed by atoms with Gasteiger partial charge in [-0.05, 0) is 30.2 Å². The van der Waals surface area contributed by atoms with Crippen LogP contribution in [0.3, 0.4) is 0 Å². The standard InChI is InChI=1S/C17H24BrN5O2/c1-19-17(20-6-4-8-23-9-5-7-22-23)21-12-13-10-15(24-2)16(25-3)11-14(13)18/h5,7,9-11H,4,6,8,12H2,1-3H3,(H2,19,20,21). The van der Waals surface area contributed by atoms with Gasteiger partial charge in [0.05, 0.1) is 14.2 Å². The van der Waals surface area contributed by atoms with Crippen LogP contribution in [-0.2, 0) is 13.1 Å². The van der Waals surface area contributed by atoms with E-state index in [-0.39, 0.29) is 0 Å². The number of nitrogens with zero attached hydrogens (tertiary/aromatic N) is 3. The van der Waals surface area contributed by atoms with Gasteiger partial charge in [-0.2, -0.15) is 5.10 Å². The Labute approximate surface area is 156 Å². The predicted octanol–water partition coefficient (Wildman–Crippen LogP) is 2.42. The largest absolute Gasteiger partial charge is 0.493 e. The normalized spacial score (nSPS) is 11.3. The number of methoxy groups -OCH3 is 2. The molecule has 0 spiro atoms. The molecule has 7 nitrogen and oxygen atoms in total. The van der Waals surface area contributed by atoms with Crippen LogP contribution in [0.4, 0.5) is 0 Å². The summed E-state index contributed by atoms with van der Waals surface area (Å²) in [5.74, 6) is 2.14. The van der Waals surface area contributed by atoms with Crippen molar-refractivity contribution in [3.05, 3.63) is 40.6 Å². The lowest BCUT2D eigenvalue weighted by Crippen LogP contribution is -2.37. The molecule has 0 radical (unpaired) electrons. The van der Waals surface area contributed by atoms with Gasteiger partial charge in [0.15, 0.2) is 17.5 Å². The fourth-order valence-corrected chi connectivity index (χ4v) is 2.77. The second-order valence-electron chi connectivity index (χ2n) is 5.27. The van der Waals surface area contributed by atoms with Crippen LogP contribution < -0.4 is 20.1 Å². The van der Waals surface area contributed by atoms with Gasteiger partial charge in [0.1, 0.15) is 0 Å². The Morgan fingerprint density at radius 1 is 1.24 bits per heavy atom. The summed E-state index contributed by atoms with van der Waals surface area (Å²) in [4.78, 5) is 4.24. The number of benzene rings is 1. The number of guanidine groups is 1. The van der Waals surface area contributed by atoms with E-state index in [2.05, 4.69) is 36.7 Å². The number of aromatic nitrogens is 2. The van der Waals surface area contributed by atoms with Gasteiger partial charge in [0.2, 0.25) is 0 Å². The van der Waals surface area contributed by atoms with Crippen molar-refractivity contribution in [3.63, 3.8) is 0 Å². The molecule has 0 aliphatic carbocycles. The van der Waals surface area contributed by atoms with Crippen LogP contribution >= 0.6 is 15.9 Å². The minimum Gasteiger partial charge on any atom is -0.493 e. The molecule has 1 heterocycles. The van der Waals surface area contributed by atoms with E-state index in [1.165, 1.54) is 0 Å². The molecule has 0 bridgehead atoms. The minimum absolute atomic E-state index is 0.611. The SMILES string of the molecule is CN=C(NCCCn1cccn1)NCc1cc(OC)c(OC)cc1Br. The van der Waals surface area contributed by atoms with E-state index in [1.54, 1.807) is 27.5 Å². The van der Waals surface area contributed by atoms with Gasteiger partial charge in [-0.25, -0.2) is 0 Å². The Morgan fingerprint density at radius 2 is 2.00 bits per heavy atom. The molecule has 2 N–H and O–H groups in total. The smallest absolute Gasteiger partial charge is 0.191 e. The van der Waals surface area contributed by atoms with Crippen molar-refractivity contribution in [3.8, 4) is 11.5 Å². The number of hydrogen-bond acceptors (Lipinski definition) is 4. The first-order chi connectivity index (χ1) is 12.2. The summed E-state index contributed by atoms with van der Waals surface area (Å²) in [7, 11) is 5.01. The number of hydrogen-bond donors (Lipinski definition) is 2. The molecule has 0 saturated heterocycles. The topological polar surface area (TPSA) is 72.7 Å². The molecule has 0 aliphatic heterocycles. The Balaban J connectivity index is 1.83. The number of aliphatic imine (C=N–C) groups is 1. The fraction of sp³-hybridized carbons (Fsp3) is 0.412.